The number of hydrogen-bond acceptors (Lipinski definition) is 9. The maximum atomic E-state index is 12.8. The first-order chi connectivity index (χ1) is 27.9. The van der Waals surface area contributed by atoms with E-state index in [1.165, 1.54) is 141 Å². The average Bonchev–Trinajstić information content (AvgIpc) is 3.21. The van der Waals surface area contributed by atoms with E-state index in [1.807, 2.05) is 0 Å². The molecule has 1 aliphatic heterocycles. The van der Waals surface area contributed by atoms with Gasteiger partial charge in [0.2, 0.25) is 0 Å². The Morgan fingerprint density at radius 3 is 1.53 bits per heavy atom. The summed E-state index contributed by atoms with van der Waals surface area (Å²) in [5, 5.41) is 40.2. The number of unbranched alkanes of at least 4 members (excludes halogenated alkanes) is 26. The molecule has 4 N–H and O–H groups in total. The number of carbonyl (C=O) groups excluding carboxylic acids is 1. The van der Waals surface area contributed by atoms with Gasteiger partial charge < -0.3 is 39.4 Å². The molecule has 0 spiro atoms. The van der Waals surface area contributed by atoms with E-state index in [0.29, 0.717) is 13.0 Å². The number of aliphatic hydroxyl groups excluding tert-OH is 4. The van der Waals surface area contributed by atoms with Gasteiger partial charge in [-0.3, -0.25) is 4.79 Å². The van der Waals surface area contributed by atoms with Crippen LogP contribution in [0.2, 0.25) is 0 Å². The summed E-state index contributed by atoms with van der Waals surface area (Å²) in [6, 6.07) is 0. The van der Waals surface area contributed by atoms with Crippen LogP contribution in [0, 0.1) is 0 Å². The highest BCUT2D eigenvalue weighted by Crippen LogP contribution is 2.23. The molecule has 57 heavy (non-hydrogen) atoms. The van der Waals surface area contributed by atoms with Crippen LogP contribution in [-0.2, 0) is 23.7 Å². The quantitative estimate of drug-likeness (QED) is 0.0270. The van der Waals surface area contributed by atoms with Gasteiger partial charge in [0.25, 0.3) is 0 Å². The maximum absolute atomic E-state index is 12.8. The molecule has 1 fully saturated rings. The third-order valence-electron chi connectivity index (χ3n) is 11.1. The molecule has 0 aliphatic carbocycles. The van der Waals surface area contributed by atoms with Gasteiger partial charge in [-0.05, 0) is 44.9 Å². The van der Waals surface area contributed by atoms with Crippen molar-refractivity contribution >= 4 is 5.97 Å². The van der Waals surface area contributed by atoms with E-state index in [0.717, 1.165) is 51.4 Å². The van der Waals surface area contributed by atoms with Crippen molar-refractivity contribution in [3.63, 3.8) is 0 Å². The number of rotatable bonds is 41. The van der Waals surface area contributed by atoms with Crippen molar-refractivity contribution in [2.24, 2.45) is 0 Å². The Kier molecular flexibility index (Phi) is 37.8. The van der Waals surface area contributed by atoms with Crippen LogP contribution in [0.15, 0.2) is 24.3 Å². The van der Waals surface area contributed by atoms with Crippen LogP contribution in [0.1, 0.15) is 213 Å². The molecule has 0 saturated carbocycles. The topological polar surface area (TPSA) is 135 Å². The molecule has 0 amide bonds. The van der Waals surface area contributed by atoms with E-state index in [4.69, 9.17) is 18.9 Å². The number of esters is 1. The molecule has 336 valence electrons. The Morgan fingerprint density at radius 1 is 0.561 bits per heavy atom. The molecule has 1 aliphatic rings. The van der Waals surface area contributed by atoms with E-state index >= 15 is 0 Å². The second-order valence-corrected chi connectivity index (χ2v) is 16.6. The van der Waals surface area contributed by atoms with Crippen molar-refractivity contribution in [3.05, 3.63) is 24.3 Å². The van der Waals surface area contributed by atoms with Gasteiger partial charge in [-0.15, -0.1) is 0 Å². The summed E-state index contributed by atoms with van der Waals surface area (Å²) in [5.41, 5.74) is 0. The van der Waals surface area contributed by atoms with Crippen LogP contribution in [0.5, 0.6) is 0 Å². The number of aliphatic hydroxyl groups is 4. The average molecular weight is 811 g/mol. The second-order valence-electron chi connectivity index (χ2n) is 16.6. The van der Waals surface area contributed by atoms with Crippen LogP contribution < -0.4 is 0 Å². The third-order valence-corrected chi connectivity index (χ3v) is 11.1. The first-order valence-electron chi connectivity index (χ1n) is 23.9. The summed E-state index contributed by atoms with van der Waals surface area (Å²) in [7, 11) is 0. The fourth-order valence-electron chi connectivity index (χ4n) is 7.35. The predicted octanol–water partition coefficient (Wildman–Crippen LogP) is 11.0. The maximum Gasteiger partial charge on any atom is 0.306 e. The minimum Gasteiger partial charge on any atom is -0.457 e. The zero-order chi connectivity index (χ0) is 41.4. The molecule has 0 aromatic rings. The summed E-state index contributed by atoms with van der Waals surface area (Å²) in [4.78, 5) is 12.8. The highest BCUT2D eigenvalue weighted by Gasteiger charge is 2.44. The monoisotopic (exact) mass is 811 g/mol. The predicted molar refractivity (Wildman–Crippen MR) is 233 cm³/mol. The Labute approximate surface area is 349 Å². The molecule has 0 aromatic heterocycles. The normalized spacial score (nSPS) is 20.6. The molecule has 9 nitrogen and oxygen atoms in total. The van der Waals surface area contributed by atoms with Crippen molar-refractivity contribution in [2.45, 2.75) is 250 Å². The van der Waals surface area contributed by atoms with Crippen LogP contribution >= 0.6 is 0 Å². The molecule has 1 heterocycles. The lowest BCUT2D eigenvalue weighted by molar-refractivity contribution is -0.305. The van der Waals surface area contributed by atoms with Gasteiger partial charge in [0.15, 0.2) is 6.29 Å². The molecule has 6 atom stereocenters. The van der Waals surface area contributed by atoms with E-state index in [-0.39, 0.29) is 19.2 Å². The Balaban J connectivity index is 2.24. The van der Waals surface area contributed by atoms with Crippen molar-refractivity contribution < 1.29 is 44.2 Å². The zero-order valence-electron chi connectivity index (χ0n) is 36.9. The van der Waals surface area contributed by atoms with E-state index in [1.54, 1.807) is 0 Å². The highest BCUT2D eigenvalue weighted by atomic mass is 16.7. The second kappa shape index (κ2) is 40.1. The van der Waals surface area contributed by atoms with E-state index in [9.17, 15) is 25.2 Å². The van der Waals surface area contributed by atoms with Gasteiger partial charge in [0.05, 0.1) is 19.8 Å². The van der Waals surface area contributed by atoms with Crippen molar-refractivity contribution in [1.82, 2.24) is 0 Å². The molecule has 6 unspecified atom stereocenters. The number of ether oxygens (including phenoxy) is 4. The van der Waals surface area contributed by atoms with Crippen molar-refractivity contribution in [3.8, 4) is 0 Å². The van der Waals surface area contributed by atoms with Gasteiger partial charge in [0, 0.05) is 13.0 Å². The molecular weight excluding hydrogens is 721 g/mol. The lowest BCUT2D eigenvalue weighted by Crippen LogP contribution is -2.59. The van der Waals surface area contributed by atoms with Crippen LogP contribution in [0.25, 0.3) is 0 Å². The number of hydrogen-bond donors (Lipinski definition) is 4. The smallest absolute Gasteiger partial charge is 0.306 e. The van der Waals surface area contributed by atoms with Crippen LogP contribution in [0.3, 0.4) is 0 Å². The molecule has 0 bridgehead atoms. The van der Waals surface area contributed by atoms with Gasteiger partial charge in [-0.2, -0.15) is 0 Å². The van der Waals surface area contributed by atoms with Gasteiger partial charge in [0.1, 0.15) is 30.5 Å². The summed E-state index contributed by atoms with van der Waals surface area (Å²) >= 11 is 0. The van der Waals surface area contributed by atoms with Crippen LogP contribution in [-0.4, -0.2) is 89.6 Å². The fraction of sp³-hybridized carbons (Fsp3) is 0.896. The summed E-state index contributed by atoms with van der Waals surface area (Å²) in [6.45, 7) is 4.55. The molecular formula is C48H90O9. The number of carbonyl (C=O) groups is 1. The molecule has 9 heteroatoms. The summed E-state index contributed by atoms with van der Waals surface area (Å²) < 4.78 is 22.8. The largest absolute Gasteiger partial charge is 0.457 e. The third kappa shape index (κ3) is 31.2. The SMILES string of the molecule is CCCCCC/C=C\C/C=C\CCCCCCCCOCC(COC1OC(CO)C(O)C(O)C1O)OC(=O)CCCCCCCCCCCCCCCCCCC. The lowest BCUT2D eigenvalue weighted by Gasteiger charge is -2.39. The lowest BCUT2D eigenvalue weighted by atomic mass is 9.99. The van der Waals surface area contributed by atoms with Gasteiger partial charge in [-0.25, -0.2) is 0 Å². The van der Waals surface area contributed by atoms with Crippen LogP contribution in [0.4, 0.5) is 0 Å². The summed E-state index contributed by atoms with van der Waals surface area (Å²) in [6.07, 6.45) is 39.1. The minimum atomic E-state index is -1.54. The van der Waals surface area contributed by atoms with Gasteiger partial charge in [-0.1, -0.05) is 186 Å². The highest BCUT2D eigenvalue weighted by molar-refractivity contribution is 5.69. The standard InChI is InChI=1S/C48H90O9/c1-3-5-7-9-11-13-15-17-19-21-23-25-27-29-31-33-35-37-44(50)56-42(41-55-48-47(53)46(52)45(51)43(39-49)57-48)40-54-38-36-34-32-30-28-26-24-22-20-18-16-14-12-10-8-6-4-2/h14,16,20,22,42-43,45-49,51-53H,3-13,15,17-19,21,23-41H2,1-2H3/b16-14-,22-20-. The zero-order valence-corrected chi connectivity index (χ0v) is 36.9. The first-order valence-corrected chi connectivity index (χ1v) is 23.9. The summed E-state index contributed by atoms with van der Waals surface area (Å²) in [5.74, 6) is -0.314. The van der Waals surface area contributed by atoms with E-state index in [2.05, 4.69) is 38.2 Å². The Bertz CT molecular complexity index is 926. The van der Waals surface area contributed by atoms with E-state index < -0.39 is 43.4 Å². The fourth-order valence-corrected chi connectivity index (χ4v) is 7.35. The van der Waals surface area contributed by atoms with Crippen molar-refractivity contribution in [2.75, 3.05) is 26.4 Å². The van der Waals surface area contributed by atoms with Crippen molar-refractivity contribution in [1.29, 1.82) is 0 Å². The molecule has 0 aromatic carbocycles. The molecule has 1 rings (SSSR count). The Hall–Kier alpha value is -1.33. The molecule has 0 radical (unpaired) electrons. The minimum absolute atomic E-state index is 0.114. The molecule has 1 saturated heterocycles. The first kappa shape index (κ1) is 53.7. The Morgan fingerprint density at radius 2 is 1.02 bits per heavy atom. The number of allylic oxidation sites excluding steroid dienone is 4. The van der Waals surface area contributed by atoms with Gasteiger partial charge >= 0.3 is 5.97 Å².